The number of nitrogens with one attached hydrogen (secondary N) is 1. The molecule has 1 N–H and O–H groups in total. The summed E-state index contributed by atoms with van der Waals surface area (Å²) in [6.45, 7) is 10.6. The minimum absolute atomic E-state index is 0.0821. The Labute approximate surface area is 118 Å². The van der Waals surface area contributed by atoms with Gasteiger partial charge in [0.25, 0.3) is 0 Å². The van der Waals surface area contributed by atoms with E-state index >= 15 is 0 Å². The lowest BCUT2D eigenvalue weighted by Gasteiger charge is -2.26. The molecule has 0 saturated carbocycles. The van der Waals surface area contributed by atoms with E-state index in [-0.39, 0.29) is 11.3 Å². The van der Waals surface area contributed by atoms with Gasteiger partial charge >= 0.3 is 0 Å². The van der Waals surface area contributed by atoms with Gasteiger partial charge in [-0.05, 0) is 36.0 Å². The van der Waals surface area contributed by atoms with Crippen LogP contribution in [0.5, 0.6) is 0 Å². The molecule has 0 fully saturated rings. The Kier molecular flexibility index (Phi) is 4.97. The molecule has 1 atom stereocenters. The number of amides is 1. The topological polar surface area (TPSA) is 29.1 Å². The summed E-state index contributed by atoms with van der Waals surface area (Å²) >= 11 is 3.42. The minimum atomic E-state index is 0.0821. The minimum Gasteiger partial charge on any atom is -0.326 e. The fourth-order valence-corrected chi connectivity index (χ4v) is 1.88. The van der Waals surface area contributed by atoms with Crippen LogP contribution >= 0.6 is 15.9 Å². The predicted molar refractivity (Wildman–Crippen MR) is 80.7 cm³/mol. The van der Waals surface area contributed by atoms with Crippen LogP contribution in [0, 0.1) is 18.3 Å². The van der Waals surface area contributed by atoms with Crippen molar-refractivity contribution in [3.8, 4) is 0 Å². The predicted octanol–water partition coefficient (Wildman–Crippen LogP) is 4.77. The molecular weight excluding hydrogens is 290 g/mol. The normalized spacial score (nSPS) is 13.2. The summed E-state index contributed by atoms with van der Waals surface area (Å²) in [5.74, 6) is 0.434. The van der Waals surface area contributed by atoms with Crippen molar-refractivity contribution in [1.82, 2.24) is 0 Å². The van der Waals surface area contributed by atoms with E-state index in [0.29, 0.717) is 12.3 Å². The molecule has 3 heteroatoms. The van der Waals surface area contributed by atoms with Gasteiger partial charge in [0.1, 0.15) is 0 Å². The van der Waals surface area contributed by atoms with Gasteiger partial charge in [-0.1, -0.05) is 49.7 Å². The third-order valence-electron chi connectivity index (χ3n) is 3.44. The lowest BCUT2D eigenvalue weighted by atomic mass is 9.80. The summed E-state index contributed by atoms with van der Waals surface area (Å²) in [6.07, 6.45) is 0.551. The monoisotopic (exact) mass is 311 g/mol. The lowest BCUT2D eigenvalue weighted by Crippen LogP contribution is -2.24. The molecule has 2 nitrogen and oxygen atoms in total. The number of carbonyl (C=O) groups excluding carboxylic acids is 1. The summed E-state index contributed by atoms with van der Waals surface area (Å²) < 4.78 is 0.979. The average Bonchev–Trinajstić information content (AvgIpc) is 2.22. The summed E-state index contributed by atoms with van der Waals surface area (Å²) in [5, 5.41) is 2.99. The number of carbonyl (C=O) groups is 1. The van der Waals surface area contributed by atoms with Gasteiger partial charge in [-0.25, -0.2) is 0 Å². The molecule has 0 aromatic heterocycles. The van der Waals surface area contributed by atoms with Crippen molar-refractivity contribution in [1.29, 1.82) is 0 Å². The second-order valence-electron chi connectivity index (χ2n) is 5.98. The third kappa shape index (κ3) is 4.45. The van der Waals surface area contributed by atoms with E-state index in [4.69, 9.17) is 0 Å². The van der Waals surface area contributed by atoms with Crippen LogP contribution in [0.25, 0.3) is 0 Å². The van der Waals surface area contributed by atoms with E-state index in [1.165, 1.54) is 0 Å². The molecule has 18 heavy (non-hydrogen) atoms. The van der Waals surface area contributed by atoms with E-state index < -0.39 is 0 Å². The molecule has 0 radical (unpaired) electrons. The quantitative estimate of drug-likeness (QED) is 0.856. The second-order valence-corrected chi connectivity index (χ2v) is 6.89. The molecule has 1 aromatic carbocycles. The highest BCUT2D eigenvalue weighted by Crippen LogP contribution is 2.28. The molecule has 1 aromatic rings. The van der Waals surface area contributed by atoms with Gasteiger partial charge < -0.3 is 5.32 Å². The first-order valence-electron chi connectivity index (χ1n) is 6.26. The van der Waals surface area contributed by atoms with Crippen LogP contribution in [0.4, 0.5) is 5.69 Å². The van der Waals surface area contributed by atoms with Crippen molar-refractivity contribution >= 4 is 27.5 Å². The highest BCUT2D eigenvalue weighted by molar-refractivity contribution is 9.10. The van der Waals surface area contributed by atoms with Gasteiger partial charge in [-0.3, -0.25) is 4.79 Å². The maximum Gasteiger partial charge on any atom is 0.224 e. The number of hydrogen-bond donors (Lipinski definition) is 1. The molecule has 0 bridgehead atoms. The number of rotatable bonds is 3. The van der Waals surface area contributed by atoms with Gasteiger partial charge in [-0.2, -0.15) is 0 Å². The van der Waals surface area contributed by atoms with Crippen molar-refractivity contribution in [3.63, 3.8) is 0 Å². The first-order chi connectivity index (χ1) is 8.20. The van der Waals surface area contributed by atoms with Gasteiger partial charge in [0, 0.05) is 16.6 Å². The summed E-state index contributed by atoms with van der Waals surface area (Å²) in [5.41, 5.74) is 2.12. The highest BCUT2D eigenvalue weighted by atomic mass is 79.9. The van der Waals surface area contributed by atoms with E-state index in [9.17, 15) is 4.79 Å². The molecule has 0 spiro atoms. The fourth-order valence-electron chi connectivity index (χ4n) is 1.51. The van der Waals surface area contributed by atoms with Crippen LogP contribution in [0.3, 0.4) is 0 Å². The fraction of sp³-hybridized carbons (Fsp3) is 0.533. The second kappa shape index (κ2) is 5.87. The molecule has 0 aliphatic carbocycles. The van der Waals surface area contributed by atoms with Crippen LogP contribution < -0.4 is 5.32 Å². The van der Waals surface area contributed by atoms with E-state index in [1.54, 1.807) is 0 Å². The molecule has 1 unspecified atom stereocenters. The molecule has 100 valence electrons. The van der Waals surface area contributed by atoms with Crippen LogP contribution in [0.15, 0.2) is 22.7 Å². The Morgan fingerprint density at radius 3 is 2.56 bits per heavy atom. The Hall–Kier alpha value is -0.830. The molecule has 1 amide bonds. The number of hydrogen-bond acceptors (Lipinski definition) is 1. The first kappa shape index (κ1) is 15.2. The Balaban J connectivity index is 2.68. The maximum atomic E-state index is 12.0. The Morgan fingerprint density at radius 2 is 2.00 bits per heavy atom. The van der Waals surface area contributed by atoms with Crippen LogP contribution in [0.2, 0.25) is 0 Å². The van der Waals surface area contributed by atoms with Gasteiger partial charge in [0.05, 0.1) is 0 Å². The lowest BCUT2D eigenvalue weighted by molar-refractivity contribution is -0.117. The number of aryl methyl sites for hydroxylation is 1. The molecule has 1 rings (SSSR count). The Bertz CT molecular complexity index is 435. The molecule has 0 heterocycles. The van der Waals surface area contributed by atoms with E-state index in [0.717, 1.165) is 15.7 Å². The highest BCUT2D eigenvalue weighted by Gasteiger charge is 2.22. The Morgan fingerprint density at radius 1 is 1.39 bits per heavy atom. The molecule has 0 aliphatic rings. The van der Waals surface area contributed by atoms with Gasteiger partial charge in [0.15, 0.2) is 0 Å². The number of halogens is 1. The van der Waals surface area contributed by atoms with Crippen LogP contribution in [-0.4, -0.2) is 5.91 Å². The molecule has 0 saturated heterocycles. The van der Waals surface area contributed by atoms with Crippen molar-refractivity contribution in [2.24, 2.45) is 11.3 Å². The van der Waals surface area contributed by atoms with Gasteiger partial charge in [0.2, 0.25) is 5.91 Å². The number of anilines is 1. The number of benzene rings is 1. The van der Waals surface area contributed by atoms with E-state index in [2.05, 4.69) is 48.9 Å². The largest absolute Gasteiger partial charge is 0.326 e. The zero-order valence-electron chi connectivity index (χ0n) is 11.8. The summed E-state index contributed by atoms with van der Waals surface area (Å²) in [4.78, 5) is 12.0. The van der Waals surface area contributed by atoms with Gasteiger partial charge in [-0.15, -0.1) is 0 Å². The SMILES string of the molecule is Cc1ccc(Br)cc1NC(=O)CC(C)C(C)(C)C. The third-order valence-corrected chi connectivity index (χ3v) is 3.94. The zero-order valence-corrected chi connectivity index (χ0v) is 13.4. The summed E-state index contributed by atoms with van der Waals surface area (Å²) in [6, 6.07) is 5.91. The van der Waals surface area contributed by atoms with Crippen molar-refractivity contribution in [2.45, 2.75) is 41.0 Å². The maximum absolute atomic E-state index is 12.0. The smallest absolute Gasteiger partial charge is 0.224 e. The van der Waals surface area contributed by atoms with E-state index in [1.807, 2.05) is 25.1 Å². The van der Waals surface area contributed by atoms with Crippen molar-refractivity contribution < 1.29 is 4.79 Å². The van der Waals surface area contributed by atoms with Crippen molar-refractivity contribution in [3.05, 3.63) is 28.2 Å². The molecular formula is C15H22BrNO. The standard InChI is InChI=1S/C15H22BrNO/c1-10-6-7-12(16)9-13(10)17-14(18)8-11(2)15(3,4)5/h6-7,9,11H,8H2,1-5H3,(H,17,18). The zero-order chi connectivity index (χ0) is 13.9. The van der Waals surface area contributed by atoms with Crippen LogP contribution in [0.1, 0.15) is 39.7 Å². The molecule has 0 aliphatic heterocycles. The van der Waals surface area contributed by atoms with Crippen molar-refractivity contribution in [2.75, 3.05) is 5.32 Å². The first-order valence-corrected chi connectivity index (χ1v) is 7.05. The average molecular weight is 312 g/mol. The van der Waals surface area contributed by atoms with Crippen LogP contribution in [-0.2, 0) is 4.79 Å². The summed E-state index contributed by atoms with van der Waals surface area (Å²) in [7, 11) is 0.